The summed E-state index contributed by atoms with van der Waals surface area (Å²) in [4.78, 5) is 28.9. The molecule has 1 unspecified atom stereocenters. The van der Waals surface area contributed by atoms with Crippen LogP contribution in [0.2, 0.25) is 5.02 Å². The molecule has 1 amide bonds. The Morgan fingerprint density at radius 3 is 2.36 bits per heavy atom. The topological polar surface area (TPSA) is 81.9 Å². The highest BCUT2D eigenvalue weighted by atomic mass is 35.5. The van der Waals surface area contributed by atoms with E-state index in [1.54, 1.807) is 0 Å². The maximum absolute atomic E-state index is 14.0. The lowest BCUT2D eigenvalue weighted by molar-refractivity contribution is -0.200. The average molecular weight is 568 g/mol. The smallest absolute Gasteiger partial charge is 0.485 e. The van der Waals surface area contributed by atoms with Gasteiger partial charge in [0.05, 0.1) is 17.3 Å². The van der Waals surface area contributed by atoms with Crippen LogP contribution in [0.5, 0.6) is 5.75 Å². The van der Waals surface area contributed by atoms with Crippen molar-refractivity contribution in [1.82, 2.24) is 14.7 Å². The zero-order chi connectivity index (χ0) is 28.3. The van der Waals surface area contributed by atoms with E-state index < -0.39 is 48.9 Å². The van der Waals surface area contributed by atoms with E-state index >= 15 is 0 Å². The molecule has 204 valence electrons. The predicted molar refractivity (Wildman–Crippen MR) is 129 cm³/mol. The van der Waals surface area contributed by atoms with Gasteiger partial charge in [0.1, 0.15) is 30.5 Å². The lowest BCUT2D eigenvalue weighted by Crippen LogP contribution is -2.35. The predicted octanol–water partition coefficient (Wildman–Crippen LogP) is 5.73. The van der Waals surface area contributed by atoms with Gasteiger partial charge in [-0.25, -0.2) is 18.6 Å². The highest BCUT2D eigenvalue weighted by Gasteiger charge is 2.41. The Bertz CT molecular complexity index is 1500. The minimum Gasteiger partial charge on any atom is -0.485 e. The molecule has 0 aliphatic rings. The summed E-state index contributed by atoms with van der Waals surface area (Å²) in [6, 6.07) is 11.1. The van der Waals surface area contributed by atoms with Crippen molar-refractivity contribution in [3.63, 3.8) is 0 Å². The molecule has 13 heteroatoms. The fraction of sp³-hybridized carbons (Fsp3) is 0.192. The largest absolute Gasteiger partial charge is 0.490 e. The average Bonchev–Trinajstić information content (AvgIpc) is 3.22. The summed E-state index contributed by atoms with van der Waals surface area (Å²) in [7, 11) is 0. The van der Waals surface area contributed by atoms with Crippen molar-refractivity contribution in [2.75, 3.05) is 6.61 Å². The number of carbonyl (C=O) groups is 2. The molecule has 2 aromatic heterocycles. The molecule has 0 aliphatic carbocycles. The third-order valence-electron chi connectivity index (χ3n) is 5.63. The summed E-state index contributed by atoms with van der Waals surface area (Å²) in [6.45, 7) is 0.252. The van der Waals surface area contributed by atoms with E-state index in [0.29, 0.717) is 10.6 Å². The number of alkyl halides is 3. The molecule has 0 saturated heterocycles. The third-order valence-corrected chi connectivity index (χ3v) is 5.88. The van der Waals surface area contributed by atoms with Crippen molar-refractivity contribution in [2.24, 2.45) is 0 Å². The Labute approximate surface area is 223 Å². The van der Waals surface area contributed by atoms with Crippen LogP contribution >= 0.6 is 11.6 Å². The van der Waals surface area contributed by atoms with Gasteiger partial charge in [0, 0.05) is 11.2 Å². The van der Waals surface area contributed by atoms with Crippen molar-refractivity contribution in [1.29, 1.82) is 0 Å². The van der Waals surface area contributed by atoms with Crippen LogP contribution < -0.4 is 10.1 Å². The second-order valence-corrected chi connectivity index (χ2v) is 8.71. The van der Waals surface area contributed by atoms with Crippen molar-refractivity contribution < 1.29 is 41.0 Å². The first-order chi connectivity index (χ1) is 18.5. The van der Waals surface area contributed by atoms with Gasteiger partial charge in [0.2, 0.25) is 0 Å². The molecule has 0 aliphatic heterocycles. The van der Waals surface area contributed by atoms with Crippen molar-refractivity contribution in [3.8, 4) is 5.75 Å². The number of hydrogen-bond acceptors (Lipinski definition) is 5. The molecule has 0 bridgehead atoms. The van der Waals surface area contributed by atoms with Crippen LogP contribution in [-0.2, 0) is 16.1 Å². The van der Waals surface area contributed by atoms with Gasteiger partial charge in [0.15, 0.2) is 11.4 Å². The second kappa shape index (κ2) is 11.3. The van der Waals surface area contributed by atoms with E-state index in [1.807, 2.05) is 0 Å². The van der Waals surface area contributed by atoms with E-state index in [0.717, 1.165) is 12.1 Å². The van der Waals surface area contributed by atoms with Gasteiger partial charge < -0.3 is 14.8 Å². The minimum absolute atomic E-state index is 0.00799. The van der Waals surface area contributed by atoms with Gasteiger partial charge in [-0.2, -0.15) is 13.2 Å². The molecule has 1 atom stereocenters. The molecule has 0 spiro atoms. The maximum Gasteiger partial charge on any atom is 0.490 e. The van der Waals surface area contributed by atoms with Crippen molar-refractivity contribution in [2.45, 2.75) is 25.7 Å². The molecule has 0 fully saturated rings. The van der Waals surface area contributed by atoms with Crippen LogP contribution in [0.4, 0.5) is 22.0 Å². The highest BCUT2D eigenvalue weighted by molar-refractivity contribution is 6.30. The van der Waals surface area contributed by atoms with Crippen LogP contribution in [-0.4, -0.2) is 34.0 Å². The van der Waals surface area contributed by atoms with E-state index in [9.17, 15) is 31.5 Å². The lowest BCUT2D eigenvalue weighted by atomic mass is 10.1. The number of benzene rings is 2. The Kier molecular flexibility index (Phi) is 8.05. The first-order valence-corrected chi connectivity index (χ1v) is 11.7. The number of esters is 1. The number of amides is 1. The standard InChI is InChI=1S/C26H19ClF5N3O4/c1-14-22(24(36)34-20(13-39-25(37)26(30,31)32)15-7-9-16(27)10-8-15)35-11-3-6-21(23(35)33-14)38-12-17-18(28)4-2-5-19(17)29/h2-11,20H,12-13H2,1H3,(H,34,36). The number of hydrogen-bond donors (Lipinski definition) is 1. The van der Waals surface area contributed by atoms with E-state index in [4.69, 9.17) is 16.3 Å². The lowest BCUT2D eigenvalue weighted by Gasteiger charge is -2.20. The molecule has 4 rings (SSSR count). The van der Waals surface area contributed by atoms with Crippen molar-refractivity contribution in [3.05, 3.63) is 100.0 Å². The molecular weight excluding hydrogens is 549 g/mol. The molecule has 39 heavy (non-hydrogen) atoms. The first-order valence-electron chi connectivity index (χ1n) is 11.3. The number of nitrogens with zero attached hydrogens (tertiary/aromatic N) is 2. The molecule has 0 radical (unpaired) electrons. The summed E-state index contributed by atoms with van der Waals surface area (Å²) in [6.07, 6.45) is -3.73. The molecular formula is C26H19ClF5N3O4. The van der Waals surface area contributed by atoms with Crippen molar-refractivity contribution >= 4 is 29.1 Å². The summed E-state index contributed by atoms with van der Waals surface area (Å²) < 4.78 is 77.4. The third kappa shape index (κ3) is 6.28. The van der Waals surface area contributed by atoms with Crippen LogP contribution in [0.3, 0.4) is 0 Å². The minimum atomic E-state index is -5.21. The van der Waals surface area contributed by atoms with Gasteiger partial charge in [-0.15, -0.1) is 0 Å². The Hall–Kier alpha value is -4.19. The monoisotopic (exact) mass is 567 g/mol. The number of rotatable bonds is 8. The summed E-state index contributed by atoms with van der Waals surface area (Å²) in [5.74, 6) is -4.62. The number of aryl methyl sites for hydroxylation is 1. The van der Waals surface area contributed by atoms with Gasteiger partial charge in [0.25, 0.3) is 5.91 Å². The van der Waals surface area contributed by atoms with E-state index in [1.165, 1.54) is 60.0 Å². The fourth-order valence-electron chi connectivity index (χ4n) is 3.75. The highest BCUT2D eigenvalue weighted by Crippen LogP contribution is 2.26. The zero-order valence-corrected chi connectivity index (χ0v) is 20.8. The number of ether oxygens (including phenoxy) is 2. The normalized spacial score (nSPS) is 12.3. The van der Waals surface area contributed by atoms with Gasteiger partial charge in [-0.1, -0.05) is 29.8 Å². The van der Waals surface area contributed by atoms with Gasteiger partial charge in [-0.3, -0.25) is 9.20 Å². The molecule has 1 N–H and O–H groups in total. The quantitative estimate of drug-likeness (QED) is 0.217. The number of imidazole rings is 1. The molecule has 0 saturated carbocycles. The Morgan fingerprint density at radius 1 is 1.05 bits per heavy atom. The first kappa shape index (κ1) is 27.8. The Balaban J connectivity index is 1.60. The second-order valence-electron chi connectivity index (χ2n) is 8.27. The zero-order valence-electron chi connectivity index (χ0n) is 20.1. The number of halogens is 6. The van der Waals surface area contributed by atoms with Gasteiger partial charge >= 0.3 is 12.1 Å². The van der Waals surface area contributed by atoms with Crippen LogP contribution in [0.25, 0.3) is 5.65 Å². The van der Waals surface area contributed by atoms with Crippen LogP contribution in [0.15, 0.2) is 60.8 Å². The number of nitrogens with one attached hydrogen (secondary N) is 1. The summed E-state index contributed by atoms with van der Waals surface area (Å²) >= 11 is 5.89. The number of fused-ring (bicyclic) bond motifs is 1. The molecule has 7 nitrogen and oxygen atoms in total. The maximum atomic E-state index is 14.0. The molecule has 4 aromatic rings. The molecule has 2 heterocycles. The summed E-state index contributed by atoms with van der Waals surface area (Å²) in [5.41, 5.74) is 0.421. The van der Waals surface area contributed by atoms with E-state index in [-0.39, 0.29) is 28.3 Å². The van der Waals surface area contributed by atoms with Gasteiger partial charge in [-0.05, 0) is 48.9 Å². The Morgan fingerprint density at radius 2 is 1.72 bits per heavy atom. The molecule has 2 aromatic carbocycles. The number of carbonyl (C=O) groups excluding carboxylic acids is 2. The van der Waals surface area contributed by atoms with Crippen LogP contribution in [0, 0.1) is 18.6 Å². The summed E-state index contributed by atoms with van der Waals surface area (Å²) in [5, 5.41) is 2.90. The number of aromatic nitrogens is 2. The number of pyridine rings is 1. The van der Waals surface area contributed by atoms with Crippen LogP contribution in [0.1, 0.15) is 33.4 Å². The van der Waals surface area contributed by atoms with E-state index in [2.05, 4.69) is 15.0 Å². The fourth-order valence-corrected chi connectivity index (χ4v) is 3.87. The SMILES string of the molecule is Cc1nc2c(OCc3c(F)cccc3F)cccn2c1C(=O)NC(COC(=O)C(F)(F)F)c1ccc(Cl)cc1.